The van der Waals surface area contributed by atoms with Crippen LogP contribution in [0.2, 0.25) is 0 Å². The van der Waals surface area contributed by atoms with Crippen LogP contribution in [0.15, 0.2) is 76.1 Å². The van der Waals surface area contributed by atoms with Crippen LogP contribution in [-0.4, -0.2) is 147 Å². The fourth-order valence-corrected chi connectivity index (χ4v) is 10.5. The van der Waals surface area contributed by atoms with Gasteiger partial charge < -0.3 is 49.1 Å². The zero-order valence-electron chi connectivity index (χ0n) is 44.8. The smallest absolute Gasteiger partial charge is 0.246 e. The zero-order valence-corrected chi connectivity index (χ0v) is 46.4. The Morgan fingerprint density at radius 1 is 0.827 bits per heavy atom. The number of carbonyl (C=O) groups is 3. The van der Waals surface area contributed by atoms with Crippen molar-refractivity contribution in [1.82, 2.24) is 35.5 Å². The topological polar surface area (TPSA) is 232 Å². The van der Waals surface area contributed by atoms with Gasteiger partial charge in [-0.15, -0.1) is 16.4 Å². The number of nitrogens with one attached hydrogen (secondary N) is 2. The largest absolute Gasteiger partial charge is 0.494 e. The van der Waals surface area contributed by atoms with Crippen LogP contribution in [-0.2, 0) is 55.1 Å². The van der Waals surface area contributed by atoms with E-state index < -0.39 is 39.3 Å². The molecule has 408 valence electrons. The Balaban J connectivity index is 0.826. The van der Waals surface area contributed by atoms with E-state index in [9.17, 15) is 27.9 Å². The summed E-state index contributed by atoms with van der Waals surface area (Å²) < 4.78 is 62.8. The van der Waals surface area contributed by atoms with Crippen LogP contribution in [0.5, 0.6) is 11.5 Å². The van der Waals surface area contributed by atoms with Gasteiger partial charge in [0.05, 0.1) is 92.7 Å². The minimum absolute atomic E-state index is 0.0111. The maximum atomic E-state index is 14.0. The van der Waals surface area contributed by atoms with Gasteiger partial charge in [0.2, 0.25) is 32.6 Å². The number of methoxy groups -OCH3 is 1. The molecular weight excluding hydrogens is 1000 g/mol. The van der Waals surface area contributed by atoms with Crippen LogP contribution in [0.4, 0.5) is 0 Å². The minimum Gasteiger partial charge on any atom is -0.494 e. The number of nitrogens with zero attached hydrogens (tertiary/aromatic N) is 5. The number of ether oxygens (including phenoxy) is 6. The first-order valence-corrected chi connectivity index (χ1v) is 27.4. The number of aryl methyl sites for hydroxylation is 2. The van der Waals surface area contributed by atoms with Gasteiger partial charge in [0.25, 0.3) is 0 Å². The summed E-state index contributed by atoms with van der Waals surface area (Å²) in [5, 5.41) is 24.5. The number of benzene rings is 3. The first kappa shape index (κ1) is 58.5. The third-order valence-electron chi connectivity index (χ3n) is 12.6. The van der Waals surface area contributed by atoms with Crippen LogP contribution in [0.3, 0.4) is 0 Å². The molecule has 0 spiro atoms. The molecule has 3 N–H and O–H groups in total. The van der Waals surface area contributed by atoms with Crippen molar-refractivity contribution < 1.29 is 56.3 Å². The van der Waals surface area contributed by atoms with E-state index in [2.05, 4.69) is 46.7 Å². The number of rotatable bonds is 26. The van der Waals surface area contributed by atoms with Gasteiger partial charge in [-0.3, -0.25) is 14.4 Å². The highest BCUT2D eigenvalue weighted by Gasteiger charge is 2.44. The van der Waals surface area contributed by atoms with E-state index in [4.69, 9.17) is 28.4 Å². The van der Waals surface area contributed by atoms with Crippen molar-refractivity contribution in [2.24, 2.45) is 5.41 Å². The second-order valence-corrected chi connectivity index (χ2v) is 23.2. The van der Waals surface area contributed by atoms with Crippen LogP contribution in [0.1, 0.15) is 82.5 Å². The van der Waals surface area contributed by atoms with Crippen molar-refractivity contribution in [3.63, 3.8) is 0 Å². The Hall–Kier alpha value is -5.81. The van der Waals surface area contributed by atoms with E-state index in [1.807, 2.05) is 76.5 Å². The molecule has 3 atom stereocenters. The number of hydrogen-bond acceptors (Lipinski definition) is 16. The third kappa shape index (κ3) is 15.6. The van der Waals surface area contributed by atoms with Crippen molar-refractivity contribution in [3.05, 3.63) is 94.3 Å². The Labute approximate surface area is 444 Å². The van der Waals surface area contributed by atoms with Crippen LogP contribution < -0.4 is 20.1 Å². The predicted molar refractivity (Wildman–Crippen MR) is 283 cm³/mol. The first-order valence-electron chi connectivity index (χ1n) is 25.1. The number of aliphatic hydroxyl groups is 1. The van der Waals surface area contributed by atoms with Gasteiger partial charge in [0.1, 0.15) is 35.9 Å². The van der Waals surface area contributed by atoms with Crippen LogP contribution in [0, 0.1) is 26.2 Å². The fraction of sp³-hybridized carbons (Fsp3) is 0.519. The van der Waals surface area contributed by atoms with E-state index >= 15 is 0 Å². The number of hydrogen-bond donors (Lipinski definition) is 3. The van der Waals surface area contributed by atoms with Crippen molar-refractivity contribution in [3.8, 4) is 27.6 Å². The average molecular weight is 1080 g/mol. The predicted octanol–water partition coefficient (Wildman–Crippen LogP) is 6.10. The molecule has 1 aliphatic heterocycles. The molecule has 5 aromatic rings. The summed E-state index contributed by atoms with van der Waals surface area (Å²) in [6.07, 6.45) is -0.766. The molecule has 1 fully saturated rings. The Morgan fingerprint density at radius 2 is 1.44 bits per heavy atom. The summed E-state index contributed by atoms with van der Waals surface area (Å²) in [5.74, 6) is -0.190. The van der Waals surface area contributed by atoms with Crippen molar-refractivity contribution in [2.45, 2.75) is 115 Å². The molecular formula is C54H73N7O12S2. The SMILES string of the molecule is COc1cc(OCCOCCOCCOCCOCCC(=O)N[C@H](C(=O)N2C[C@H](O)C[C@H]2C(=O)NCc2ccc(-c3scnc3C)cc2)C(C)(C)C)c(C)cc1-n1nnc(S(=O)(=O)c2ccc(C(C)(C)C)cc2)c1C. The van der Waals surface area contributed by atoms with E-state index in [-0.39, 0.29) is 72.9 Å². The zero-order chi connectivity index (χ0) is 54.5. The maximum Gasteiger partial charge on any atom is 0.246 e. The monoisotopic (exact) mass is 1080 g/mol. The summed E-state index contributed by atoms with van der Waals surface area (Å²) in [7, 11) is -2.42. The Morgan fingerprint density at radius 3 is 2.01 bits per heavy atom. The molecule has 0 saturated carbocycles. The summed E-state index contributed by atoms with van der Waals surface area (Å²) >= 11 is 1.57. The van der Waals surface area contributed by atoms with Gasteiger partial charge in [-0.05, 0) is 72.1 Å². The number of aromatic nitrogens is 4. The first-order chi connectivity index (χ1) is 35.6. The minimum atomic E-state index is -3.94. The van der Waals surface area contributed by atoms with Crippen LogP contribution >= 0.6 is 11.3 Å². The van der Waals surface area contributed by atoms with E-state index in [1.165, 1.54) is 16.7 Å². The molecule has 75 heavy (non-hydrogen) atoms. The molecule has 6 rings (SSSR count). The molecule has 1 aliphatic rings. The lowest BCUT2D eigenvalue weighted by atomic mass is 9.85. The quantitative estimate of drug-likeness (QED) is 0.0532. The maximum absolute atomic E-state index is 14.0. The van der Waals surface area contributed by atoms with Gasteiger partial charge in [-0.2, -0.15) is 0 Å². The normalized spacial score (nSPS) is 15.5. The average Bonchev–Trinajstić information content (AvgIpc) is 4.10. The molecule has 0 aliphatic carbocycles. The van der Waals surface area contributed by atoms with Crippen molar-refractivity contribution in [1.29, 1.82) is 0 Å². The van der Waals surface area contributed by atoms with E-state index in [0.29, 0.717) is 62.5 Å². The number of aliphatic hydroxyl groups excluding tert-OH is 1. The standard InChI is InChI=1S/C54H73N7O12S2/c1-35-29-43(61-37(3)51(58-59-61)75(66,67)42-17-15-40(16-18-42)53(4,5)6)46(68-10)31-45(35)73-28-27-72-26-25-71-24-23-70-22-21-69-20-19-47(63)57-49(54(7,8)9)52(65)60-33-41(62)30-44(60)50(64)55-32-38-11-13-39(14-12-38)48-36(2)56-34-74-48/h11-18,29,31,34,41,44,49,62H,19-28,30,32-33H2,1-10H3,(H,55,64)(H,57,63)/t41-,44+,49-/m1/s1. The second-order valence-electron chi connectivity index (χ2n) is 20.5. The highest BCUT2D eigenvalue weighted by molar-refractivity contribution is 7.91. The van der Waals surface area contributed by atoms with Gasteiger partial charge in [-0.25, -0.2) is 18.1 Å². The van der Waals surface area contributed by atoms with Crippen molar-refractivity contribution >= 4 is 38.9 Å². The molecule has 2 aromatic heterocycles. The number of β-amino-alcohol motifs (C(OH)–C–C–N with tert-alkyl or cyclic N) is 1. The third-order valence-corrected chi connectivity index (χ3v) is 15.4. The summed E-state index contributed by atoms with van der Waals surface area (Å²) in [4.78, 5) is 47.4. The van der Waals surface area contributed by atoms with Gasteiger partial charge >= 0.3 is 0 Å². The number of amides is 3. The molecule has 3 heterocycles. The summed E-state index contributed by atoms with van der Waals surface area (Å²) in [5.41, 5.74) is 6.54. The number of likely N-dealkylation sites (tertiary alicyclic amines) is 1. The van der Waals surface area contributed by atoms with Crippen LogP contribution in [0.25, 0.3) is 16.1 Å². The van der Waals surface area contributed by atoms with Gasteiger partial charge in [0.15, 0.2) is 0 Å². The number of thiazole rings is 1. The number of carbonyl (C=O) groups excluding carboxylic acids is 3. The Kier molecular flexibility index (Phi) is 20.5. The van der Waals surface area contributed by atoms with E-state index in [0.717, 1.165) is 32.8 Å². The summed E-state index contributed by atoms with van der Waals surface area (Å²) in [6.45, 7) is 20.0. The lowest BCUT2D eigenvalue weighted by molar-refractivity contribution is -0.144. The second kappa shape index (κ2) is 26.3. The molecule has 0 bridgehead atoms. The lowest BCUT2D eigenvalue weighted by Crippen LogP contribution is -2.57. The van der Waals surface area contributed by atoms with Gasteiger partial charge in [0, 0.05) is 32.0 Å². The molecule has 21 heteroatoms. The highest BCUT2D eigenvalue weighted by atomic mass is 32.2. The van der Waals surface area contributed by atoms with E-state index in [1.54, 1.807) is 42.5 Å². The van der Waals surface area contributed by atoms with Crippen molar-refractivity contribution in [2.75, 3.05) is 73.1 Å². The molecule has 3 aromatic carbocycles. The molecule has 1 saturated heterocycles. The molecule has 0 unspecified atom stereocenters. The Bertz CT molecular complexity index is 2800. The molecule has 3 amide bonds. The highest BCUT2D eigenvalue weighted by Crippen LogP contribution is 2.34. The van der Waals surface area contributed by atoms with Gasteiger partial charge in [-0.1, -0.05) is 83.2 Å². The molecule has 0 radical (unpaired) electrons. The molecule has 19 nitrogen and oxygen atoms in total. The number of sulfone groups is 1. The lowest BCUT2D eigenvalue weighted by Gasteiger charge is -2.35. The summed E-state index contributed by atoms with van der Waals surface area (Å²) in [6, 6.07) is 16.4. The fourth-order valence-electron chi connectivity index (χ4n) is 8.33.